The second-order valence-corrected chi connectivity index (χ2v) is 6.33. The van der Waals surface area contributed by atoms with Gasteiger partial charge in [-0.15, -0.1) is 10.2 Å². The number of aryl methyl sites for hydroxylation is 3. The van der Waals surface area contributed by atoms with E-state index in [1.54, 1.807) is 25.1 Å². The molecule has 0 bridgehead atoms. The van der Waals surface area contributed by atoms with Crippen LogP contribution in [0.5, 0.6) is 0 Å². The normalized spacial score (nSPS) is 11.0. The van der Waals surface area contributed by atoms with Crippen LogP contribution in [0.15, 0.2) is 51.3 Å². The lowest BCUT2D eigenvalue weighted by Gasteiger charge is -2.03. The summed E-state index contributed by atoms with van der Waals surface area (Å²) in [4.78, 5) is 16.5. The number of nitrogens with one attached hydrogen (secondary N) is 1. The Kier molecular flexibility index (Phi) is 4.42. The van der Waals surface area contributed by atoms with E-state index in [1.165, 1.54) is 0 Å². The van der Waals surface area contributed by atoms with Crippen molar-refractivity contribution in [2.75, 3.05) is 5.32 Å². The second-order valence-electron chi connectivity index (χ2n) is 6.33. The maximum atomic E-state index is 12.2. The Balaban J connectivity index is 1.36. The predicted octanol–water partition coefficient (Wildman–Crippen LogP) is 4.07. The highest BCUT2D eigenvalue weighted by atomic mass is 16.4. The van der Waals surface area contributed by atoms with Crippen LogP contribution in [0.25, 0.3) is 22.6 Å². The number of aromatic nitrogens is 3. The van der Waals surface area contributed by atoms with Gasteiger partial charge in [-0.3, -0.25) is 4.79 Å². The largest absolute Gasteiger partial charge is 0.441 e. The van der Waals surface area contributed by atoms with Crippen LogP contribution in [0.2, 0.25) is 0 Å². The lowest BCUT2D eigenvalue weighted by Crippen LogP contribution is -2.12. The van der Waals surface area contributed by atoms with Crippen molar-refractivity contribution in [2.45, 2.75) is 26.7 Å². The van der Waals surface area contributed by atoms with E-state index < -0.39 is 0 Å². The zero-order valence-corrected chi connectivity index (χ0v) is 15.0. The molecule has 2 heterocycles. The van der Waals surface area contributed by atoms with Gasteiger partial charge >= 0.3 is 0 Å². The molecule has 2 aromatic carbocycles. The average Bonchev–Trinajstić information content (AvgIpc) is 3.26. The first-order valence-corrected chi connectivity index (χ1v) is 8.63. The van der Waals surface area contributed by atoms with Crippen LogP contribution in [-0.4, -0.2) is 21.1 Å². The molecule has 0 radical (unpaired) electrons. The third-order valence-electron chi connectivity index (χ3n) is 4.11. The molecule has 136 valence electrons. The summed E-state index contributed by atoms with van der Waals surface area (Å²) in [7, 11) is 0. The fourth-order valence-corrected chi connectivity index (χ4v) is 2.73. The molecule has 0 spiro atoms. The number of carbonyl (C=O) groups excluding carboxylic acids is 1. The Morgan fingerprint density at radius 3 is 2.67 bits per heavy atom. The summed E-state index contributed by atoms with van der Waals surface area (Å²) in [5, 5.41) is 10.9. The van der Waals surface area contributed by atoms with Gasteiger partial charge in [-0.05, 0) is 37.3 Å². The van der Waals surface area contributed by atoms with Crippen LogP contribution in [0.3, 0.4) is 0 Å². The Morgan fingerprint density at radius 2 is 1.85 bits per heavy atom. The number of amides is 1. The van der Waals surface area contributed by atoms with Crippen molar-refractivity contribution in [3.05, 3.63) is 59.8 Å². The van der Waals surface area contributed by atoms with Crippen molar-refractivity contribution in [1.29, 1.82) is 0 Å². The van der Waals surface area contributed by atoms with Crippen molar-refractivity contribution >= 4 is 22.7 Å². The van der Waals surface area contributed by atoms with E-state index in [0.29, 0.717) is 40.9 Å². The molecule has 7 nitrogen and oxygen atoms in total. The molecule has 1 N–H and O–H groups in total. The van der Waals surface area contributed by atoms with Crippen LogP contribution >= 0.6 is 0 Å². The van der Waals surface area contributed by atoms with E-state index in [-0.39, 0.29) is 12.3 Å². The average molecular weight is 362 g/mol. The molecular formula is C20H18N4O3. The minimum Gasteiger partial charge on any atom is -0.441 e. The summed E-state index contributed by atoms with van der Waals surface area (Å²) in [5.74, 6) is 1.35. The minimum atomic E-state index is -0.135. The number of oxazole rings is 1. The van der Waals surface area contributed by atoms with Crippen LogP contribution in [0.4, 0.5) is 5.69 Å². The fourth-order valence-electron chi connectivity index (χ4n) is 2.73. The number of hydrogen-bond acceptors (Lipinski definition) is 6. The minimum absolute atomic E-state index is 0.135. The SMILES string of the molecule is Cc1ccc(-c2nnc(CCC(=O)Nc3ccc4oc(C)nc4c3)o2)cc1. The molecule has 4 rings (SSSR count). The summed E-state index contributed by atoms with van der Waals surface area (Å²) in [6.45, 7) is 3.80. The molecule has 0 saturated carbocycles. The molecule has 0 aliphatic heterocycles. The maximum absolute atomic E-state index is 12.2. The number of anilines is 1. The molecule has 0 saturated heterocycles. The van der Waals surface area contributed by atoms with E-state index in [2.05, 4.69) is 20.5 Å². The van der Waals surface area contributed by atoms with Gasteiger partial charge in [0.25, 0.3) is 0 Å². The third-order valence-corrected chi connectivity index (χ3v) is 4.11. The molecule has 0 fully saturated rings. The molecule has 0 atom stereocenters. The number of benzene rings is 2. The van der Waals surface area contributed by atoms with Gasteiger partial charge in [-0.1, -0.05) is 17.7 Å². The number of nitrogens with zero attached hydrogens (tertiary/aromatic N) is 3. The van der Waals surface area contributed by atoms with Gasteiger partial charge in [0.05, 0.1) is 0 Å². The lowest BCUT2D eigenvalue weighted by atomic mass is 10.1. The number of hydrogen-bond donors (Lipinski definition) is 1. The van der Waals surface area contributed by atoms with Gasteiger partial charge in [0.1, 0.15) is 5.52 Å². The van der Waals surface area contributed by atoms with Gasteiger partial charge in [0, 0.05) is 31.0 Å². The third kappa shape index (κ3) is 3.87. The smallest absolute Gasteiger partial charge is 0.247 e. The van der Waals surface area contributed by atoms with Crippen LogP contribution in [0.1, 0.15) is 23.8 Å². The van der Waals surface area contributed by atoms with Gasteiger partial charge in [-0.2, -0.15) is 0 Å². The summed E-state index contributed by atoms with van der Waals surface area (Å²) < 4.78 is 11.1. The Bertz CT molecular complexity index is 1100. The molecule has 4 aromatic rings. The zero-order valence-electron chi connectivity index (χ0n) is 15.0. The molecule has 2 aromatic heterocycles. The van der Waals surface area contributed by atoms with Gasteiger partial charge < -0.3 is 14.2 Å². The Labute approximate surface area is 155 Å². The molecular weight excluding hydrogens is 344 g/mol. The second kappa shape index (κ2) is 7.03. The highest BCUT2D eigenvalue weighted by Crippen LogP contribution is 2.21. The quantitative estimate of drug-likeness (QED) is 0.575. The van der Waals surface area contributed by atoms with Gasteiger partial charge in [0.15, 0.2) is 11.5 Å². The van der Waals surface area contributed by atoms with Crippen molar-refractivity contribution in [3.63, 3.8) is 0 Å². The Hall–Kier alpha value is -3.48. The summed E-state index contributed by atoms with van der Waals surface area (Å²) in [5.41, 5.74) is 4.10. The maximum Gasteiger partial charge on any atom is 0.247 e. The fraction of sp³-hybridized carbons (Fsp3) is 0.200. The molecule has 7 heteroatoms. The van der Waals surface area contributed by atoms with E-state index in [4.69, 9.17) is 8.83 Å². The molecule has 0 aliphatic carbocycles. The van der Waals surface area contributed by atoms with Crippen LogP contribution in [0, 0.1) is 13.8 Å². The molecule has 27 heavy (non-hydrogen) atoms. The number of rotatable bonds is 5. The highest BCUT2D eigenvalue weighted by Gasteiger charge is 2.11. The van der Waals surface area contributed by atoms with Crippen LogP contribution < -0.4 is 5.32 Å². The summed E-state index contributed by atoms with van der Waals surface area (Å²) in [6, 6.07) is 13.2. The van der Waals surface area contributed by atoms with Crippen molar-refractivity contribution in [1.82, 2.24) is 15.2 Å². The van der Waals surface area contributed by atoms with Crippen molar-refractivity contribution in [3.8, 4) is 11.5 Å². The van der Waals surface area contributed by atoms with E-state index in [1.807, 2.05) is 31.2 Å². The molecule has 0 aliphatic rings. The first-order chi connectivity index (χ1) is 13.1. The first kappa shape index (κ1) is 17.0. The van der Waals surface area contributed by atoms with Crippen LogP contribution in [-0.2, 0) is 11.2 Å². The number of carbonyl (C=O) groups is 1. The van der Waals surface area contributed by atoms with E-state index in [9.17, 15) is 4.79 Å². The van der Waals surface area contributed by atoms with Gasteiger partial charge in [0.2, 0.25) is 17.7 Å². The monoisotopic (exact) mass is 362 g/mol. The Morgan fingerprint density at radius 1 is 1.04 bits per heavy atom. The summed E-state index contributed by atoms with van der Waals surface area (Å²) in [6.07, 6.45) is 0.613. The van der Waals surface area contributed by atoms with Crippen molar-refractivity contribution < 1.29 is 13.6 Å². The summed E-state index contributed by atoms with van der Waals surface area (Å²) >= 11 is 0. The number of fused-ring (bicyclic) bond motifs is 1. The lowest BCUT2D eigenvalue weighted by molar-refractivity contribution is -0.116. The van der Waals surface area contributed by atoms with E-state index in [0.717, 1.165) is 11.1 Å². The van der Waals surface area contributed by atoms with E-state index >= 15 is 0 Å². The molecule has 0 unspecified atom stereocenters. The highest BCUT2D eigenvalue weighted by molar-refractivity contribution is 5.92. The topological polar surface area (TPSA) is 94.1 Å². The van der Waals surface area contributed by atoms with Gasteiger partial charge in [-0.25, -0.2) is 4.98 Å². The van der Waals surface area contributed by atoms with Crippen molar-refractivity contribution in [2.24, 2.45) is 0 Å². The predicted molar refractivity (Wildman–Crippen MR) is 100 cm³/mol. The first-order valence-electron chi connectivity index (χ1n) is 8.63. The standard InChI is InChI=1S/C20H18N4O3/c1-12-3-5-14(6-4-12)20-24-23-19(27-20)10-9-18(25)22-15-7-8-17-16(11-15)21-13(2)26-17/h3-8,11H,9-10H2,1-2H3,(H,22,25). The zero-order chi connectivity index (χ0) is 18.8. The molecule has 1 amide bonds.